The van der Waals surface area contributed by atoms with Crippen molar-refractivity contribution in [3.05, 3.63) is 17.6 Å². The van der Waals surface area contributed by atoms with Crippen molar-refractivity contribution in [3.8, 4) is 0 Å². The molecular weight excluding hydrogens is 295 g/mol. The number of nitrogens with one attached hydrogen (secondary N) is 1. The van der Waals surface area contributed by atoms with Gasteiger partial charge in [0.05, 0.1) is 0 Å². The second-order valence-corrected chi connectivity index (χ2v) is 5.82. The smallest absolute Gasteiger partial charge is 0.358 e. The van der Waals surface area contributed by atoms with Crippen LogP contribution in [0.25, 0.3) is 5.78 Å². The molecule has 2 aromatic heterocycles. The van der Waals surface area contributed by atoms with E-state index >= 15 is 0 Å². The summed E-state index contributed by atoms with van der Waals surface area (Å²) in [6.45, 7) is 2.93. The van der Waals surface area contributed by atoms with Crippen molar-refractivity contribution in [3.63, 3.8) is 0 Å². The van der Waals surface area contributed by atoms with Crippen LogP contribution in [0.3, 0.4) is 0 Å². The average molecular weight is 313 g/mol. The lowest BCUT2D eigenvalue weighted by atomic mass is 9.96. The number of rotatable bonds is 3. The van der Waals surface area contributed by atoms with Crippen molar-refractivity contribution in [1.29, 1.82) is 0 Å². The summed E-state index contributed by atoms with van der Waals surface area (Å²) in [5, 5.41) is 6.63. The van der Waals surface area contributed by atoms with Crippen LogP contribution < -0.4 is 5.32 Å². The molecule has 1 fully saturated rings. The molecule has 1 atom stereocenters. The Hall–Kier alpha value is -1.86. The molecule has 8 heteroatoms. The largest absolute Gasteiger partial charge is 0.408 e. The lowest BCUT2D eigenvalue weighted by Gasteiger charge is -2.23. The molecule has 120 valence electrons. The maximum atomic E-state index is 12.9. The fourth-order valence-corrected chi connectivity index (χ4v) is 3.09. The maximum absolute atomic E-state index is 12.9. The first-order valence-electron chi connectivity index (χ1n) is 7.41. The monoisotopic (exact) mass is 313 g/mol. The summed E-state index contributed by atoms with van der Waals surface area (Å²) < 4.78 is 40.2. The first kappa shape index (κ1) is 15.1. The van der Waals surface area contributed by atoms with Gasteiger partial charge in [-0.1, -0.05) is 12.8 Å². The molecule has 5 nitrogen and oxygen atoms in total. The molecule has 0 saturated heterocycles. The van der Waals surface area contributed by atoms with Crippen LogP contribution in [0.5, 0.6) is 0 Å². The summed E-state index contributed by atoms with van der Waals surface area (Å²) in [6, 6.07) is -1.66. The number of hydrogen-bond donors (Lipinski definition) is 1. The quantitative estimate of drug-likeness (QED) is 0.943. The molecule has 1 saturated carbocycles. The lowest BCUT2D eigenvalue weighted by molar-refractivity contribution is -0.138. The third-order valence-corrected chi connectivity index (χ3v) is 4.26. The van der Waals surface area contributed by atoms with E-state index in [-0.39, 0.29) is 5.92 Å². The Balaban J connectivity index is 2.11. The van der Waals surface area contributed by atoms with Crippen LogP contribution in [0.1, 0.15) is 49.8 Å². The van der Waals surface area contributed by atoms with Crippen molar-refractivity contribution >= 4 is 11.6 Å². The van der Waals surface area contributed by atoms with E-state index in [0.717, 1.165) is 43.9 Å². The number of hydrogen-bond acceptors (Lipinski definition) is 4. The Morgan fingerprint density at radius 3 is 2.64 bits per heavy atom. The Morgan fingerprint density at radius 2 is 2.00 bits per heavy atom. The summed E-state index contributed by atoms with van der Waals surface area (Å²) >= 11 is 0. The van der Waals surface area contributed by atoms with Crippen LogP contribution >= 0.6 is 0 Å². The van der Waals surface area contributed by atoms with Gasteiger partial charge in [-0.25, -0.2) is 4.98 Å². The fraction of sp³-hybridized carbons (Fsp3) is 0.643. The molecule has 1 unspecified atom stereocenters. The topological polar surface area (TPSA) is 55.1 Å². The third-order valence-electron chi connectivity index (χ3n) is 4.26. The number of halogens is 3. The highest BCUT2D eigenvalue weighted by Gasteiger charge is 2.37. The zero-order chi connectivity index (χ0) is 15.9. The minimum Gasteiger partial charge on any atom is -0.358 e. The minimum atomic E-state index is -4.32. The molecule has 0 aliphatic heterocycles. The van der Waals surface area contributed by atoms with E-state index in [9.17, 15) is 13.2 Å². The van der Waals surface area contributed by atoms with Gasteiger partial charge in [0.2, 0.25) is 0 Å². The lowest BCUT2D eigenvalue weighted by Crippen LogP contribution is -2.34. The molecule has 0 bridgehead atoms. The van der Waals surface area contributed by atoms with Crippen LogP contribution in [0, 0.1) is 6.92 Å². The second-order valence-electron chi connectivity index (χ2n) is 5.82. The molecule has 0 aromatic carbocycles. The van der Waals surface area contributed by atoms with E-state index in [4.69, 9.17) is 0 Å². The number of aryl methyl sites for hydroxylation is 1. The van der Waals surface area contributed by atoms with Gasteiger partial charge in [0.25, 0.3) is 5.78 Å². The van der Waals surface area contributed by atoms with Crippen LogP contribution in [-0.2, 0) is 0 Å². The number of nitrogens with zero attached hydrogens (tertiary/aromatic N) is 4. The van der Waals surface area contributed by atoms with Gasteiger partial charge in [0.1, 0.15) is 18.2 Å². The summed E-state index contributed by atoms with van der Waals surface area (Å²) in [7, 11) is 0. The molecule has 1 aliphatic rings. The normalized spacial score (nSPS) is 18.0. The van der Waals surface area contributed by atoms with Gasteiger partial charge in [-0.15, -0.1) is 0 Å². The van der Waals surface area contributed by atoms with Crippen molar-refractivity contribution in [2.75, 3.05) is 5.32 Å². The predicted molar refractivity (Wildman–Crippen MR) is 75.9 cm³/mol. The molecule has 0 radical (unpaired) electrons. The van der Waals surface area contributed by atoms with Crippen molar-refractivity contribution in [2.24, 2.45) is 0 Å². The molecule has 1 aliphatic carbocycles. The van der Waals surface area contributed by atoms with Gasteiger partial charge in [0, 0.05) is 11.3 Å². The highest BCUT2D eigenvalue weighted by Crippen LogP contribution is 2.39. The summed E-state index contributed by atoms with van der Waals surface area (Å²) in [4.78, 5) is 8.38. The van der Waals surface area contributed by atoms with Gasteiger partial charge in [-0.3, -0.25) is 0 Å². The number of anilines is 1. The molecule has 1 N–H and O–H groups in total. The van der Waals surface area contributed by atoms with Gasteiger partial charge in [0.15, 0.2) is 0 Å². The minimum absolute atomic E-state index is 0.226. The van der Waals surface area contributed by atoms with Crippen LogP contribution in [0.15, 0.2) is 6.33 Å². The zero-order valence-electron chi connectivity index (χ0n) is 12.5. The molecular formula is C14H18F3N5. The molecule has 2 heterocycles. The van der Waals surface area contributed by atoms with Gasteiger partial charge < -0.3 is 5.32 Å². The Kier molecular flexibility index (Phi) is 3.70. The van der Waals surface area contributed by atoms with Gasteiger partial charge in [-0.2, -0.15) is 27.8 Å². The van der Waals surface area contributed by atoms with Crippen molar-refractivity contribution < 1.29 is 13.2 Å². The Bertz CT molecular complexity index is 673. The fourth-order valence-electron chi connectivity index (χ4n) is 3.09. The number of alkyl halides is 3. The molecule has 3 rings (SSSR count). The molecule has 0 amide bonds. The highest BCUT2D eigenvalue weighted by atomic mass is 19.4. The van der Waals surface area contributed by atoms with E-state index in [1.165, 1.54) is 10.8 Å². The van der Waals surface area contributed by atoms with E-state index in [0.29, 0.717) is 11.6 Å². The first-order chi connectivity index (χ1) is 10.4. The summed E-state index contributed by atoms with van der Waals surface area (Å²) in [5.41, 5.74) is 1.57. The highest BCUT2D eigenvalue weighted by molar-refractivity contribution is 5.55. The van der Waals surface area contributed by atoms with Gasteiger partial charge in [-0.05, 0) is 32.6 Å². The second kappa shape index (κ2) is 5.40. The van der Waals surface area contributed by atoms with E-state index < -0.39 is 12.2 Å². The number of fused-ring (bicyclic) bond motifs is 1. The van der Waals surface area contributed by atoms with Crippen molar-refractivity contribution in [2.45, 2.75) is 57.7 Å². The standard InChI is InChI=1S/C14H18F3N5/c1-8-11(10-5-3-4-6-10)12(21-9(2)14(15,16)17)22-13(20-8)18-7-19-22/h7,9-10,21H,3-6H2,1-2H3. The third kappa shape index (κ3) is 2.62. The van der Waals surface area contributed by atoms with Crippen LogP contribution in [0.2, 0.25) is 0 Å². The average Bonchev–Trinajstić information content (AvgIpc) is 3.07. The zero-order valence-corrected chi connectivity index (χ0v) is 12.5. The Morgan fingerprint density at radius 1 is 1.32 bits per heavy atom. The predicted octanol–water partition coefficient (Wildman–Crippen LogP) is 3.45. The van der Waals surface area contributed by atoms with Crippen LogP contribution in [0.4, 0.5) is 19.0 Å². The van der Waals surface area contributed by atoms with Gasteiger partial charge >= 0.3 is 6.18 Å². The summed E-state index contributed by atoms with van der Waals surface area (Å²) in [5.74, 6) is 0.914. The van der Waals surface area contributed by atoms with E-state index in [1.54, 1.807) is 0 Å². The molecule has 2 aromatic rings. The van der Waals surface area contributed by atoms with E-state index in [1.807, 2.05) is 6.92 Å². The Labute approximate surface area is 126 Å². The molecule has 0 spiro atoms. The number of aromatic nitrogens is 4. The first-order valence-corrected chi connectivity index (χ1v) is 7.41. The molecule has 22 heavy (non-hydrogen) atoms. The summed E-state index contributed by atoms with van der Waals surface area (Å²) in [6.07, 6.45) is 1.11. The maximum Gasteiger partial charge on any atom is 0.408 e. The van der Waals surface area contributed by atoms with Crippen LogP contribution in [-0.4, -0.2) is 31.8 Å². The van der Waals surface area contributed by atoms with Crippen molar-refractivity contribution in [1.82, 2.24) is 19.6 Å². The SMILES string of the molecule is Cc1nc2ncnn2c(NC(C)C(F)(F)F)c1C1CCCC1. The van der Waals surface area contributed by atoms with E-state index in [2.05, 4.69) is 20.4 Å².